The van der Waals surface area contributed by atoms with E-state index in [9.17, 15) is 4.79 Å². The van der Waals surface area contributed by atoms with Crippen LogP contribution in [-0.4, -0.2) is 20.5 Å². The SMILES string of the molecule is COc1cc(C(C)(C)C)c(Br)cc1OCc1ccccc1.COc1cc(C(C)(C)C)c(C=O)cc1OCc1ccccc1. The van der Waals surface area contributed by atoms with Gasteiger partial charge in [0.2, 0.25) is 0 Å². The zero-order valence-corrected chi connectivity index (χ0v) is 28.1. The zero-order chi connectivity index (χ0) is 31.6. The Morgan fingerprint density at radius 3 is 1.42 bits per heavy atom. The molecule has 0 fully saturated rings. The van der Waals surface area contributed by atoms with E-state index in [1.165, 1.54) is 5.56 Å². The van der Waals surface area contributed by atoms with Crippen LogP contribution in [0.3, 0.4) is 0 Å². The highest BCUT2D eigenvalue weighted by Crippen LogP contribution is 2.39. The molecule has 0 spiro atoms. The maximum Gasteiger partial charge on any atom is 0.162 e. The fourth-order valence-electron chi connectivity index (χ4n) is 4.45. The van der Waals surface area contributed by atoms with Crippen LogP contribution in [0, 0.1) is 0 Å². The molecule has 0 aliphatic carbocycles. The van der Waals surface area contributed by atoms with E-state index in [2.05, 4.69) is 57.5 Å². The van der Waals surface area contributed by atoms with Crippen molar-refractivity contribution in [3.63, 3.8) is 0 Å². The Morgan fingerprint density at radius 1 is 0.605 bits per heavy atom. The predicted octanol–water partition coefficient (Wildman–Crippen LogP) is 9.72. The molecule has 0 aliphatic rings. The van der Waals surface area contributed by atoms with E-state index >= 15 is 0 Å². The average molecular weight is 648 g/mol. The number of benzene rings is 4. The lowest BCUT2D eigenvalue weighted by molar-refractivity contribution is 0.112. The van der Waals surface area contributed by atoms with Gasteiger partial charge in [0.25, 0.3) is 0 Å². The summed E-state index contributed by atoms with van der Waals surface area (Å²) in [7, 11) is 3.28. The van der Waals surface area contributed by atoms with Gasteiger partial charge in [-0.3, -0.25) is 4.79 Å². The summed E-state index contributed by atoms with van der Waals surface area (Å²) in [6.07, 6.45) is 0.870. The van der Waals surface area contributed by atoms with Crippen LogP contribution < -0.4 is 18.9 Å². The molecule has 5 nitrogen and oxygen atoms in total. The van der Waals surface area contributed by atoms with Gasteiger partial charge < -0.3 is 18.9 Å². The molecule has 0 aromatic heterocycles. The van der Waals surface area contributed by atoms with Gasteiger partial charge >= 0.3 is 0 Å². The molecule has 43 heavy (non-hydrogen) atoms. The fraction of sp³-hybridized carbons (Fsp3) is 0.324. The molecule has 6 heteroatoms. The van der Waals surface area contributed by atoms with Gasteiger partial charge in [-0.2, -0.15) is 0 Å². The highest BCUT2D eigenvalue weighted by molar-refractivity contribution is 9.10. The summed E-state index contributed by atoms with van der Waals surface area (Å²) < 4.78 is 23.7. The Kier molecular flexibility index (Phi) is 11.8. The second-order valence-electron chi connectivity index (χ2n) is 12.2. The minimum absolute atomic E-state index is 0.0457. The molecule has 0 saturated heterocycles. The molecule has 4 rings (SSSR count). The first kappa shape index (κ1) is 33.7. The van der Waals surface area contributed by atoms with Gasteiger partial charge in [0.1, 0.15) is 19.5 Å². The predicted molar refractivity (Wildman–Crippen MR) is 178 cm³/mol. The van der Waals surface area contributed by atoms with Gasteiger partial charge in [-0.15, -0.1) is 0 Å². The quantitative estimate of drug-likeness (QED) is 0.169. The number of halogens is 1. The Hall–Kier alpha value is -3.77. The number of ether oxygens (including phenoxy) is 4. The highest BCUT2D eigenvalue weighted by atomic mass is 79.9. The monoisotopic (exact) mass is 646 g/mol. The Balaban J connectivity index is 0.000000236. The lowest BCUT2D eigenvalue weighted by atomic mass is 9.84. The highest BCUT2D eigenvalue weighted by Gasteiger charge is 2.22. The maximum atomic E-state index is 11.4. The van der Waals surface area contributed by atoms with Gasteiger partial charge in [0, 0.05) is 10.0 Å². The second-order valence-corrected chi connectivity index (χ2v) is 13.1. The third-order valence-electron chi connectivity index (χ3n) is 6.81. The molecule has 0 heterocycles. The van der Waals surface area contributed by atoms with Crippen molar-refractivity contribution in [3.05, 3.63) is 117 Å². The van der Waals surface area contributed by atoms with Crippen molar-refractivity contribution in [1.82, 2.24) is 0 Å². The Morgan fingerprint density at radius 2 is 1.02 bits per heavy atom. The molecule has 0 atom stereocenters. The molecular weight excluding hydrogens is 604 g/mol. The van der Waals surface area contributed by atoms with Crippen LogP contribution in [0.4, 0.5) is 0 Å². The van der Waals surface area contributed by atoms with E-state index in [4.69, 9.17) is 18.9 Å². The van der Waals surface area contributed by atoms with Crippen molar-refractivity contribution < 1.29 is 23.7 Å². The van der Waals surface area contributed by atoms with Crippen LogP contribution in [-0.2, 0) is 24.0 Å². The van der Waals surface area contributed by atoms with Crippen molar-refractivity contribution in [1.29, 1.82) is 0 Å². The van der Waals surface area contributed by atoms with E-state index in [-0.39, 0.29) is 10.8 Å². The smallest absolute Gasteiger partial charge is 0.162 e. The number of aldehydes is 1. The van der Waals surface area contributed by atoms with Crippen LogP contribution in [0.1, 0.15) is 74.2 Å². The van der Waals surface area contributed by atoms with E-state index in [0.29, 0.717) is 30.3 Å². The summed E-state index contributed by atoms with van der Waals surface area (Å²) >= 11 is 3.64. The van der Waals surface area contributed by atoms with Gasteiger partial charge in [0.15, 0.2) is 23.0 Å². The normalized spacial score (nSPS) is 11.2. The van der Waals surface area contributed by atoms with Crippen LogP contribution >= 0.6 is 15.9 Å². The number of hydrogen-bond acceptors (Lipinski definition) is 5. The summed E-state index contributed by atoms with van der Waals surface area (Å²) in [6, 6.07) is 27.7. The largest absolute Gasteiger partial charge is 0.493 e. The lowest BCUT2D eigenvalue weighted by Gasteiger charge is -2.23. The van der Waals surface area contributed by atoms with Crippen LogP contribution in [0.2, 0.25) is 0 Å². The third-order valence-corrected chi connectivity index (χ3v) is 7.46. The summed E-state index contributed by atoms with van der Waals surface area (Å²) in [5, 5.41) is 0. The molecule has 228 valence electrons. The molecule has 0 radical (unpaired) electrons. The maximum absolute atomic E-state index is 11.4. The van der Waals surface area contributed by atoms with Crippen LogP contribution in [0.15, 0.2) is 89.4 Å². The molecule has 0 saturated carbocycles. The summed E-state index contributed by atoms with van der Waals surface area (Å²) in [6.45, 7) is 13.7. The molecule has 0 N–H and O–H groups in total. The number of rotatable bonds is 9. The van der Waals surface area contributed by atoms with Gasteiger partial charge in [-0.05, 0) is 57.3 Å². The van der Waals surface area contributed by atoms with E-state index in [1.807, 2.05) is 78.9 Å². The van der Waals surface area contributed by atoms with Gasteiger partial charge in [-0.1, -0.05) is 118 Å². The molecule has 0 unspecified atom stereocenters. The van der Waals surface area contributed by atoms with Gasteiger partial charge in [0.05, 0.1) is 14.2 Å². The standard InChI is InChI=1S/C19H22O3.C18H21BrO2/c1-19(2,3)16-11-17(21-4)18(10-15(16)12-20)22-13-14-8-6-5-7-9-14;1-18(2,3)14-10-16(20-4)17(11-15(14)19)21-12-13-8-6-5-7-9-13/h5-12H,13H2,1-4H3;5-11H,12H2,1-4H3. The number of carbonyl (C=O) groups is 1. The van der Waals surface area contributed by atoms with Crippen molar-refractivity contribution in [3.8, 4) is 23.0 Å². The third kappa shape index (κ3) is 9.62. The van der Waals surface area contributed by atoms with Gasteiger partial charge in [-0.25, -0.2) is 0 Å². The lowest BCUT2D eigenvalue weighted by Crippen LogP contribution is -2.14. The Labute approximate surface area is 265 Å². The Bertz CT molecular complexity index is 1470. The topological polar surface area (TPSA) is 54.0 Å². The number of methoxy groups -OCH3 is 2. The van der Waals surface area contributed by atoms with E-state index < -0.39 is 0 Å². The van der Waals surface area contributed by atoms with E-state index in [1.54, 1.807) is 20.3 Å². The molecule has 0 amide bonds. The summed E-state index contributed by atoms with van der Waals surface area (Å²) in [5.74, 6) is 2.74. The molecular formula is C37H43BrO5. The number of carbonyl (C=O) groups excluding carboxylic acids is 1. The fourth-order valence-corrected chi connectivity index (χ4v) is 5.36. The second kappa shape index (κ2) is 15.1. The first-order chi connectivity index (χ1) is 20.4. The minimum Gasteiger partial charge on any atom is -0.493 e. The molecule has 4 aromatic rings. The zero-order valence-electron chi connectivity index (χ0n) is 26.5. The van der Waals surface area contributed by atoms with Crippen molar-refractivity contribution in [2.45, 2.75) is 65.6 Å². The first-order valence-corrected chi connectivity index (χ1v) is 15.1. The molecule has 4 aromatic carbocycles. The molecule has 0 bridgehead atoms. The van der Waals surface area contributed by atoms with Crippen molar-refractivity contribution >= 4 is 22.2 Å². The minimum atomic E-state index is -0.137. The van der Waals surface area contributed by atoms with E-state index in [0.717, 1.165) is 38.9 Å². The van der Waals surface area contributed by atoms with Crippen molar-refractivity contribution in [2.75, 3.05) is 14.2 Å². The number of hydrogen-bond donors (Lipinski definition) is 0. The van der Waals surface area contributed by atoms with Crippen molar-refractivity contribution in [2.24, 2.45) is 0 Å². The first-order valence-electron chi connectivity index (χ1n) is 14.3. The summed E-state index contributed by atoms with van der Waals surface area (Å²) in [4.78, 5) is 11.4. The van der Waals surface area contributed by atoms with Crippen LogP contribution in [0.25, 0.3) is 0 Å². The summed E-state index contributed by atoms with van der Waals surface area (Å²) in [5.41, 5.74) is 4.90. The van der Waals surface area contributed by atoms with Crippen LogP contribution in [0.5, 0.6) is 23.0 Å². The molecule has 0 aliphatic heterocycles. The average Bonchev–Trinajstić information content (AvgIpc) is 2.98.